The van der Waals surface area contributed by atoms with E-state index < -0.39 is 4.92 Å². The average Bonchev–Trinajstić information content (AvgIpc) is 2.84. The molecule has 1 heterocycles. The summed E-state index contributed by atoms with van der Waals surface area (Å²) in [7, 11) is 0. The second-order valence-corrected chi connectivity index (χ2v) is 5.99. The Morgan fingerprint density at radius 2 is 2.10 bits per heavy atom. The van der Waals surface area contributed by atoms with E-state index in [0.717, 1.165) is 5.69 Å². The third kappa shape index (κ3) is 3.85. The van der Waals surface area contributed by atoms with E-state index in [9.17, 15) is 10.1 Å². The maximum absolute atomic E-state index is 11.0. The van der Waals surface area contributed by atoms with Crippen LogP contribution < -0.4 is 5.32 Å². The largest absolute Gasteiger partial charge is 0.306 e. The lowest BCUT2D eigenvalue weighted by Gasteiger charge is -2.19. The lowest BCUT2D eigenvalue weighted by molar-refractivity contribution is -0.385. The summed E-state index contributed by atoms with van der Waals surface area (Å²) >= 11 is 0. The van der Waals surface area contributed by atoms with Gasteiger partial charge in [0.2, 0.25) is 0 Å². The number of aryl methyl sites for hydroxylation is 1. The van der Waals surface area contributed by atoms with Gasteiger partial charge in [-0.1, -0.05) is 11.3 Å². The minimum Gasteiger partial charge on any atom is -0.306 e. The molecule has 0 radical (unpaired) electrons. The van der Waals surface area contributed by atoms with Gasteiger partial charge in [-0.2, -0.15) is 0 Å². The number of nitrogens with one attached hydrogen (secondary N) is 1. The Morgan fingerprint density at radius 3 is 2.71 bits per heavy atom. The van der Waals surface area contributed by atoms with Crippen LogP contribution >= 0.6 is 0 Å². The van der Waals surface area contributed by atoms with Gasteiger partial charge < -0.3 is 5.32 Å². The van der Waals surface area contributed by atoms with E-state index in [4.69, 9.17) is 0 Å². The highest BCUT2D eigenvalue weighted by atomic mass is 16.6. The molecule has 0 atom stereocenters. The van der Waals surface area contributed by atoms with Gasteiger partial charge in [0.15, 0.2) is 0 Å². The SMILES string of the molecule is Cc1ccc(-n2cc(CNC(C)(C)C)nn2)cc1[N+](=O)[O-]. The highest BCUT2D eigenvalue weighted by Gasteiger charge is 2.14. The van der Waals surface area contributed by atoms with Crippen molar-refractivity contribution in [3.63, 3.8) is 0 Å². The van der Waals surface area contributed by atoms with E-state index in [2.05, 4.69) is 36.4 Å². The smallest absolute Gasteiger partial charge is 0.274 e. The van der Waals surface area contributed by atoms with E-state index in [1.807, 2.05) is 0 Å². The van der Waals surface area contributed by atoms with Gasteiger partial charge in [0.1, 0.15) is 0 Å². The first-order valence-electron chi connectivity index (χ1n) is 6.68. The Morgan fingerprint density at radius 1 is 1.38 bits per heavy atom. The number of aromatic nitrogens is 3. The molecule has 0 saturated heterocycles. The summed E-state index contributed by atoms with van der Waals surface area (Å²) < 4.78 is 1.55. The Hall–Kier alpha value is -2.28. The van der Waals surface area contributed by atoms with Crippen LogP contribution in [-0.4, -0.2) is 25.5 Å². The lowest BCUT2D eigenvalue weighted by atomic mass is 10.1. The van der Waals surface area contributed by atoms with Crippen LogP contribution in [0.4, 0.5) is 5.69 Å². The van der Waals surface area contributed by atoms with Crippen molar-refractivity contribution in [2.75, 3.05) is 0 Å². The minimum absolute atomic E-state index is 0.00751. The summed E-state index contributed by atoms with van der Waals surface area (Å²) in [6, 6.07) is 5.01. The van der Waals surface area contributed by atoms with Gasteiger partial charge in [0, 0.05) is 23.7 Å². The number of nitrogens with zero attached hydrogens (tertiary/aromatic N) is 4. The average molecular weight is 289 g/mol. The highest BCUT2D eigenvalue weighted by Crippen LogP contribution is 2.21. The molecule has 0 aliphatic heterocycles. The van der Waals surface area contributed by atoms with Gasteiger partial charge in [-0.15, -0.1) is 5.10 Å². The van der Waals surface area contributed by atoms with Crippen LogP contribution in [0.2, 0.25) is 0 Å². The van der Waals surface area contributed by atoms with E-state index in [1.54, 1.807) is 29.9 Å². The molecular formula is C14H19N5O2. The molecule has 1 aromatic heterocycles. The van der Waals surface area contributed by atoms with Gasteiger partial charge in [-0.3, -0.25) is 10.1 Å². The van der Waals surface area contributed by atoms with E-state index in [-0.39, 0.29) is 11.2 Å². The molecule has 1 aromatic carbocycles. The van der Waals surface area contributed by atoms with Crippen LogP contribution in [0.1, 0.15) is 32.0 Å². The number of hydrogen-bond acceptors (Lipinski definition) is 5. The third-order valence-corrected chi connectivity index (χ3v) is 2.99. The van der Waals surface area contributed by atoms with E-state index in [0.29, 0.717) is 17.8 Å². The molecule has 7 nitrogen and oxygen atoms in total. The first-order valence-corrected chi connectivity index (χ1v) is 6.68. The normalized spacial score (nSPS) is 11.6. The number of nitro groups is 1. The lowest BCUT2D eigenvalue weighted by Crippen LogP contribution is -2.35. The maximum atomic E-state index is 11.0. The zero-order valence-corrected chi connectivity index (χ0v) is 12.6. The van der Waals surface area contributed by atoms with Crippen molar-refractivity contribution >= 4 is 5.69 Å². The molecule has 112 valence electrons. The predicted molar refractivity (Wildman–Crippen MR) is 79.3 cm³/mol. The second kappa shape index (κ2) is 5.61. The van der Waals surface area contributed by atoms with Gasteiger partial charge >= 0.3 is 0 Å². The van der Waals surface area contributed by atoms with Crippen molar-refractivity contribution in [2.24, 2.45) is 0 Å². The highest BCUT2D eigenvalue weighted by molar-refractivity contribution is 5.48. The van der Waals surface area contributed by atoms with Gasteiger partial charge in [-0.25, -0.2) is 4.68 Å². The predicted octanol–water partition coefficient (Wildman–Crippen LogP) is 2.37. The molecule has 0 aliphatic rings. The van der Waals surface area contributed by atoms with E-state index in [1.165, 1.54) is 6.07 Å². The van der Waals surface area contributed by atoms with E-state index >= 15 is 0 Å². The fourth-order valence-corrected chi connectivity index (χ4v) is 1.80. The van der Waals surface area contributed by atoms with Gasteiger partial charge in [0.25, 0.3) is 5.69 Å². The van der Waals surface area contributed by atoms with Crippen molar-refractivity contribution in [1.82, 2.24) is 20.3 Å². The van der Waals surface area contributed by atoms with Crippen molar-refractivity contribution in [3.05, 3.63) is 45.8 Å². The molecule has 0 spiro atoms. The number of benzene rings is 1. The fourth-order valence-electron chi connectivity index (χ4n) is 1.80. The molecule has 0 bridgehead atoms. The maximum Gasteiger partial charge on any atom is 0.274 e. The third-order valence-electron chi connectivity index (χ3n) is 2.99. The zero-order chi connectivity index (χ0) is 15.6. The number of hydrogen-bond donors (Lipinski definition) is 1. The molecule has 1 N–H and O–H groups in total. The molecular weight excluding hydrogens is 270 g/mol. The second-order valence-electron chi connectivity index (χ2n) is 5.99. The zero-order valence-electron chi connectivity index (χ0n) is 12.6. The number of nitro benzene ring substituents is 1. The molecule has 2 aromatic rings. The van der Waals surface area contributed by atoms with Gasteiger partial charge in [-0.05, 0) is 33.8 Å². The Kier molecular flexibility index (Phi) is 4.04. The molecule has 0 fully saturated rings. The Bertz CT molecular complexity index is 658. The fraction of sp³-hybridized carbons (Fsp3) is 0.429. The summed E-state index contributed by atoms with van der Waals surface area (Å²) in [5, 5.41) is 22.4. The minimum atomic E-state index is -0.391. The van der Waals surface area contributed by atoms with Crippen molar-refractivity contribution < 1.29 is 4.92 Å². The van der Waals surface area contributed by atoms with Crippen LogP contribution in [0.15, 0.2) is 24.4 Å². The summed E-state index contributed by atoms with van der Waals surface area (Å²) in [4.78, 5) is 10.6. The van der Waals surface area contributed by atoms with Gasteiger partial charge in [0.05, 0.1) is 22.5 Å². The molecule has 0 aliphatic carbocycles. The van der Waals surface area contributed by atoms with Crippen LogP contribution in [-0.2, 0) is 6.54 Å². The monoisotopic (exact) mass is 289 g/mol. The van der Waals surface area contributed by atoms with Crippen LogP contribution in [0.3, 0.4) is 0 Å². The van der Waals surface area contributed by atoms with Crippen molar-refractivity contribution in [1.29, 1.82) is 0 Å². The Labute approximate surface area is 123 Å². The molecule has 2 rings (SSSR count). The Balaban J connectivity index is 2.22. The summed E-state index contributed by atoms with van der Waals surface area (Å²) in [6.07, 6.45) is 1.77. The molecule has 0 saturated carbocycles. The molecule has 0 unspecified atom stereocenters. The summed E-state index contributed by atoms with van der Waals surface area (Å²) in [6.45, 7) is 8.52. The van der Waals surface area contributed by atoms with Crippen LogP contribution in [0.25, 0.3) is 5.69 Å². The number of rotatable bonds is 4. The first kappa shape index (κ1) is 15.1. The first-order chi connectivity index (χ1) is 9.76. The quantitative estimate of drug-likeness (QED) is 0.690. The molecule has 21 heavy (non-hydrogen) atoms. The van der Waals surface area contributed by atoms with Crippen molar-refractivity contribution in [2.45, 2.75) is 39.8 Å². The standard InChI is InChI=1S/C14H19N5O2/c1-10-5-6-12(7-13(10)19(20)21)18-9-11(16-17-18)8-15-14(2,3)4/h5-7,9,15H,8H2,1-4H3. The molecule has 7 heteroatoms. The summed E-state index contributed by atoms with van der Waals surface area (Å²) in [5.74, 6) is 0. The van der Waals surface area contributed by atoms with Crippen LogP contribution in [0.5, 0.6) is 0 Å². The molecule has 0 amide bonds. The topological polar surface area (TPSA) is 85.9 Å². The van der Waals surface area contributed by atoms with Crippen molar-refractivity contribution in [3.8, 4) is 5.69 Å². The van der Waals surface area contributed by atoms with Crippen LogP contribution in [0, 0.1) is 17.0 Å². The summed E-state index contributed by atoms with van der Waals surface area (Å²) in [5.41, 5.74) is 2.11.